The average molecular weight is 340 g/mol. The minimum Gasteiger partial charge on any atom is -0.189 e. The number of rotatable bonds is 8. The Kier molecular flexibility index (Phi) is 7.74. The van der Waals surface area contributed by atoms with E-state index in [0.717, 1.165) is 24.8 Å². The number of hydrogen-bond acceptors (Lipinski definition) is 3. The van der Waals surface area contributed by atoms with Gasteiger partial charge in [0.05, 0.1) is 5.02 Å². The SMILES string of the molecule is CCCCCCCCc1ccc([P+](O)(O)O)c(Cl)c1Cl. The van der Waals surface area contributed by atoms with E-state index in [4.69, 9.17) is 23.2 Å². The fraction of sp³-hybridized carbons (Fsp3) is 0.571. The first-order valence-corrected chi connectivity index (χ1v) is 9.33. The Morgan fingerprint density at radius 1 is 0.900 bits per heavy atom. The van der Waals surface area contributed by atoms with E-state index >= 15 is 0 Å². The third-order valence-electron chi connectivity index (χ3n) is 3.26. The third kappa shape index (κ3) is 5.48. The van der Waals surface area contributed by atoms with Crippen molar-refractivity contribution in [2.45, 2.75) is 51.9 Å². The van der Waals surface area contributed by atoms with E-state index in [1.165, 1.54) is 31.7 Å². The summed E-state index contributed by atoms with van der Waals surface area (Å²) in [6.07, 6.45) is 7.96. The van der Waals surface area contributed by atoms with Gasteiger partial charge in [0, 0.05) is 0 Å². The van der Waals surface area contributed by atoms with Crippen LogP contribution in [-0.2, 0) is 6.42 Å². The summed E-state index contributed by atoms with van der Waals surface area (Å²) in [4.78, 5) is 27.8. The van der Waals surface area contributed by atoms with Crippen molar-refractivity contribution < 1.29 is 14.7 Å². The lowest BCUT2D eigenvalue weighted by Gasteiger charge is -2.10. The van der Waals surface area contributed by atoms with Gasteiger partial charge in [-0.15, -0.1) is 0 Å². The van der Waals surface area contributed by atoms with Gasteiger partial charge < -0.3 is 0 Å². The highest BCUT2D eigenvalue weighted by atomic mass is 35.5. The molecule has 0 saturated heterocycles. The van der Waals surface area contributed by atoms with Crippen LogP contribution in [0.3, 0.4) is 0 Å². The van der Waals surface area contributed by atoms with Crippen LogP contribution < -0.4 is 5.30 Å². The minimum atomic E-state index is -4.11. The molecule has 0 amide bonds. The van der Waals surface area contributed by atoms with Gasteiger partial charge in [0.2, 0.25) is 5.30 Å². The Balaban J connectivity index is 2.58. The Bertz CT molecular complexity index is 433. The quantitative estimate of drug-likeness (QED) is 0.489. The number of unbranched alkanes of at least 4 members (excludes halogenated alkanes) is 5. The molecule has 0 aliphatic carbocycles. The maximum Gasteiger partial charge on any atom is 0.442 e. The molecule has 0 aliphatic rings. The Morgan fingerprint density at radius 3 is 2.10 bits per heavy atom. The summed E-state index contributed by atoms with van der Waals surface area (Å²) >= 11 is 12.1. The van der Waals surface area contributed by atoms with Crippen LogP contribution in [0.25, 0.3) is 0 Å². The van der Waals surface area contributed by atoms with Gasteiger partial charge in [0.1, 0.15) is 5.02 Å². The van der Waals surface area contributed by atoms with E-state index in [1.54, 1.807) is 6.07 Å². The monoisotopic (exact) mass is 339 g/mol. The summed E-state index contributed by atoms with van der Waals surface area (Å²) in [5.74, 6) is 0. The molecule has 0 fully saturated rings. The van der Waals surface area contributed by atoms with E-state index in [0.29, 0.717) is 5.02 Å². The van der Waals surface area contributed by atoms with E-state index in [2.05, 4.69) is 6.92 Å². The molecule has 0 aromatic heterocycles. The molecule has 0 heterocycles. The average Bonchev–Trinajstić information content (AvgIpc) is 2.37. The van der Waals surface area contributed by atoms with Gasteiger partial charge in [-0.3, -0.25) is 0 Å². The lowest BCUT2D eigenvalue weighted by atomic mass is 10.0. The van der Waals surface area contributed by atoms with Crippen molar-refractivity contribution in [2.24, 2.45) is 0 Å². The summed E-state index contributed by atoms with van der Waals surface area (Å²) in [6, 6.07) is 3.14. The molecule has 0 spiro atoms. The second-order valence-electron chi connectivity index (χ2n) is 4.96. The zero-order valence-corrected chi connectivity index (χ0v) is 14.1. The van der Waals surface area contributed by atoms with Crippen molar-refractivity contribution in [2.75, 3.05) is 0 Å². The second kappa shape index (κ2) is 8.53. The van der Waals surface area contributed by atoms with Crippen molar-refractivity contribution in [1.82, 2.24) is 0 Å². The highest BCUT2D eigenvalue weighted by molar-refractivity contribution is 7.67. The highest BCUT2D eigenvalue weighted by Crippen LogP contribution is 2.47. The predicted octanol–water partition coefficient (Wildman–Crippen LogP) is 4.26. The number of hydrogen-bond donors (Lipinski definition) is 3. The zero-order chi connectivity index (χ0) is 15.2. The maximum absolute atomic E-state index is 9.26. The number of aryl methyl sites for hydroxylation is 1. The zero-order valence-electron chi connectivity index (χ0n) is 11.6. The standard InChI is InChI=1S/C14H22Cl2O3P/c1-2-3-4-5-6-7-8-11-9-10-12(20(17,18)19)14(16)13(11)15/h9-10,17-19H,2-8H2,1H3/q+1. The Hall–Kier alpha value is 0.110. The fourth-order valence-corrected chi connectivity index (χ4v) is 3.60. The Morgan fingerprint density at radius 2 is 1.50 bits per heavy atom. The van der Waals surface area contributed by atoms with Crippen molar-refractivity contribution in [3.05, 3.63) is 27.7 Å². The molecule has 0 aliphatic heterocycles. The van der Waals surface area contributed by atoms with Gasteiger partial charge in [-0.1, -0.05) is 68.3 Å². The molecule has 0 saturated carbocycles. The lowest BCUT2D eigenvalue weighted by Crippen LogP contribution is -2.12. The van der Waals surface area contributed by atoms with E-state index in [1.807, 2.05) is 0 Å². The summed E-state index contributed by atoms with van der Waals surface area (Å²) in [6.45, 7) is 2.19. The molecular weight excluding hydrogens is 318 g/mol. The first kappa shape index (κ1) is 18.2. The molecule has 0 unspecified atom stereocenters. The van der Waals surface area contributed by atoms with Crippen molar-refractivity contribution in [1.29, 1.82) is 0 Å². The summed E-state index contributed by atoms with van der Waals surface area (Å²) in [5.41, 5.74) is 0.879. The highest BCUT2D eigenvalue weighted by Gasteiger charge is 2.38. The molecule has 3 nitrogen and oxygen atoms in total. The summed E-state index contributed by atoms with van der Waals surface area (Å²) < 4.78 is 0. The summed E-state index contributed by atoms with van der Waals surface area (Å²) in [5, 5.41) is 0.256. The van der Waals surface area contributed by atoms with Gasteiger partial charge in [-0.05, 0) is 24.5 Å². The van der Waals surface area contributed by atoms with Crippen LogP contribution in [0.15, 0.2) is 12.1 Å². The number of benzene rings is 1. The Labute approximate surface area is 131 Å². The topological polar surface area (TPSA) is 60.7 Å². The van der Waals surface area contributed by atoms with E-state index in [9.17, 15) is 14.7 Å². The van der Waals surface area contributed by atoms with Crippen molar-refractivity contribution in [3.8, 4) is 0 Å². The normalized spacial score (nSPS) is 11.9. The van der Waals surface area contributed by atoms with Crippen LogP contribution in [-0.4, -0.2) is 14.7 Å². The van der Waals surface area contributed by atoms with Gasteiger partial charge >= 0.3 is 7.94 Å². The smallest absolute Gasteiger partial charge is 0.189 e. The molecule has 1 aromatic rings. The predicted molar refractivity (Wildman–Crippen MR) is 86.8 cm³/mol. The van der Waals surface area contributed by atoms with Crippen LogP contribution in [0.2, 0.25) is 10.0 Å². The van der Waals surface area contributed by atoms with Gasteiger partial charge in [0.15, 0.2) is 0 Å². The van der Waals surface area contributed by atoms with Crippen LogP contribution in [0, 0.1) is 0 Å². The van der Waals surface area contributed by atoms with E-state index in [-0.39, 0.29) is 10.3 Å². The van der Waals surface area contributed by atoms with Crippen LogP contribution >= 0.6 is 31.1 Å². The summed E-state index contributed by atoms with van der Waals surface area (Å²) in [7, 11) is -4.11. The molecular formula is C14H22Cl2O3P+. The lowest BCUT2D eigenvalue weighted by molar-refractivity contribution is 0.347. The molecule has 1 rings (SSSR count). The molecule has 3 N–H and O–H groups in total. The molecule has 6 heteroatoms. The second-order valence-corrected chi connectivity index (χ2v) is 7.33. The van der Waals surface area contributed by atoms with Gasteiger partial charge in [0.25, 0.3) is 0 Å². The van der Waals surface area contributed by atoms with Crippen LogP contribution in [0.4, 0.5) is 0 Å². The van der Waals surface area contributed by atoms with Crippen LogP contribution in [0.1, 0.15) is 51.0 Å². The number of halogens is 2. The maximum atomic E-state index is 9.26. The molecule has 0 bridgehead atoms. The first-order chi connectivity index (χ1) is 9.38. The molecule has 114 valence electrons. The molecule has 0 atom stereocenters. The fourth-order valence-electron chi connectivity index (χ4n) is 2.10. The van der Waals surface area contributed by atoms with Crippen molar-refractivity contribution >= 4 is 36.4 Å². The van der Waals surface area contributed by atoms with Crippen molar-refractivity contribution in [3.63, 3.8) is 0 Å². The minimum absolute atomic E-state index is 0.0379. The first-order valence-electron chi connectivity index (χ1n) is 6.92. The largest absolute Gasteiger partial charge is 0.442 e. The molecule has 1 aromatic carbocycles. The van der Waals surface area contributed by atoms with Gasteiger partial charge in [-0.2, -0.15) is 14.7 Å². The molecule has 20 heavy (non-hydrogen) atoms. The van der Waals surface area contributed by atoms with Gasteiger partial charge in [-0.25, -0.2) is 0 Å². The molecule has 0 radical (unpaired) electrons. The van der Waals surface area contributed by atoms with E-state index < -0.39 is 7.94 Å². The van der Waals surface area contributed by atoms with Crippen LogP contribution in [0.5, 0.6) is 0 Å². The third-order valence-corrected chi connectivity index (χ3v) is 5.34.